The van der Waals surface area contributed by atoms with Crippen molar-refractivity contribution in [2.45, 2.75) is 58.3 Å². The molecule has 0 radical (unpaired) electrons. The molecule has 133 valence electrons. The van der Waals surface area contributed by atoms with Crippen molar-refractivity contribution in [3.8, 4) is 5.75 Å². The fourth-order valence-corrected chi connectivity index (χ4v) is 3.77. The molecule has 0 heterocycles. The third-order valence-corrected chi connectivity index (χ3v) is 5.22. The van der Waals surface area contributed by atoms with Crippen LogP contribution < -0.4 is 0 Å². The Morgan fingerprint density at radius 1 is 1.33 bits per heavy atom. The first-order valence-electron chi connectivity index (χ1n) is 8.66. The number of carboxylic acids is 1. The first kappa shape index (κ1) is 18.9. The van der Waals surface area contributed by atoms with E-state index >= 15 is 0 Å². The third-order valence-electron chi connectivity index (χ3n) is 4.83. The van der Waals surface area contributed by atoms with Crippen molar-refractivity contribution in [1.82, 2.24) is 0 Å². The molecule has 1 aromatic carbocycles. The maximum absolute atomic E-state index is 11.3. The van der Waals surface area contributed by atoms with Crippen LogP contribution in [0.1, 0.15) is 63.0 Å². The van der Waals surface area contributed by atoms with E-state index in [1.54, 1.807) is 6.08 Å². The maximum atomic E-state index is 11.3. The van der Waals surface area contributed by atoms with Gasteiger partial charge < -0.3 is 0 Å². The molecule has 1 unspecified atom stereocenters. The van der Waals surface area contributed by atoms with Crippen LogP contribution in [-0.4, -0.2) is 20.6 Å². The molecule has 3 nitrogen and oxygen atoms in total. The summed E-state index contributed by atoms with van der Waals surface area (Å²) in [5.74, 6) is -0.601. The van der Waals surface area contributed by atoms with Crippen LogP contribution in [0.4, 0.5) is 0 Å². The van der Waals surface area contributed by atoms with E-state index in [1.807, 2.05) is 19.1 Å². The minimum atomic E-state index is -0.870. The van der Waals surface area contributed by atoms with Gasteiger partial charge in [-0.15, -0.1) is 0 Å². The van der Waals surface area contributed by atoms with Gasteiger partial charge in [0.1, 0.15) is 0 Å². The normalized spacial score (nSPS) is 20.5. The average Bonchev–Trinajstić information content (AvgIpc) is 2.54. The van der Waals surface area contributed by atoms with Gasteiger partial charge in [0.25, 0.3) is 0 Å². The monoisotopic (exact) mass is 373 g/mol. The molecular formula is C20H26CoO3. The molecule has 0 fully saturated rings. The first-order valence-corrected chi connectivity index (χ1v) is 9.18. The number of carboxylic acid groups (broad SMARTS) is 1. The van der Waals surface area contributed by atoms with E-state index in [2.05, 4.69) is 28.3 Å². The van der Waals surface area contributed by atoms with E-state index in [-0.39, 0.29) is 17.6 Å². The molecule has 2 rings (SSSR count). The van der Waals surface area contributed by atoms with Gasteiger partial charge >= 0.3 is 152 Å². The van der Waals surface area contributed by atoms with Crippen molar-refractivity contribution >= 4 is 10.4 Å². The Hall–Kier alpha value is -1.39. The van der Waals surface area contributed by atoms with Crippen LogP contribution in [0.25, 0.3) is 0 Å². The van der Waals surface area contributed by atoms with Gasteiger partial charge in [-0.25, -0.2) is 0 Å². The Balaban J connectivity index is 2.30. The summed E-state index contributed by atoms with van der Waals surface area (Å²) in [6.45, 7) is 4.12. The van der Waals surface area contributed by atoms with Crippen LogP contribution in [0.5, 0.6) is 5.75 Å². The van der Waals surface area contributed by atoms with Crippen LogP contribution in [0.2, 0.25) is 0 Å². The van der Waals surface area contributed by atoms with Crippen LogP contribution in [-0.2, 0) is 26.5 Å². The molecule has 24 heavy (non-hydrogen) atoms. The second-order valence-corrected chi connectivity index (χ2v) is 7.39. The first-order chi connectivity index (χ1) is 11.4. The Bertz CT molecular complexity index is 648. The standard InChI is InChI=1S/C20H26O3.Co/c1-3-5-6-7-14-8-11-17(19(21)12-14)18-13-16(20(22)23)10-9-15(18)4-2;/h8,11-13,15,18,21H,3,5-7,9-10H2,1-2H3,(H,22,23);/t15-,18?;/m1./s1. The Labute approximate surface area is 151 Å². The molecule has 0 aromatic heterocycles. The topological polar surface area (TPSA) is 57.5 Å². The number of benzene rings is 1. The quantitative estimate of drug-likeness (QED) is 0.698. The van der Waals surface area contributed by atoms with Crippen molar-refractivity contribution in [3.05, 3.63) is 41.0 Å². The van der Waals surface area contributed by atoms with Gasteiger partial charge in [-0.2, -0.15) is 0 Å². The molecule has 0 aliphatic heterocycles. The van der Waals surface area contributed by atoms with Gasteiger partial charge in [-0.05, 0) is 0 Å². The summed E-state index contributed by atoms with van der Waals surface area (Å²) in [4.78, 5) is 11.3. The zero-order valence-corrected chi connectivity index (χ0v) is 15.4. The fraction of sp³-hybridized carbons (Fsp3) is 0.500. The molecule has 0 saturated heterocycles. The van der Waals surface area contributed by atoms with Crippen LogP contribution in [0, 0.1) is 5.92 Å². The SMILES string of the molecule is CCCCCc1ccc(C2C=C(C(=O)O)CC[C@H]2[C](C)=[Co])c(O)c1. The Morgan fingerprint density at radius 2 is 2.08 bits per heavy atom. The summed E-state index contributed by atoms with van der Waals surface area (Å²) >= 11 is 4.56. The number of carbonyl (C=O) groups is 1. The fourth-order valence-electron chi connectivity index (χ4n) is 3.43. The molecule has 1 aromatic rings. The molecule has 0 spiro atoms. The van der Waals surface area contributed by atoms with E-state index in [0.717, 1.165) is 34.8 Å². The van der Waals surface area contributed by atoms with Crippen LogP contribution in [0.3, 0.4) is 0 Å². The zero-order valence-electron chi connectivity index (χ0n) is 14.3. The number of aliphatic carboxylic acids is 1. The molecule has 4 heteroatoms. The number of allylic oxidation sites excluding steroid dienone is 1. The molecule has 1 aliphatic carbocycles. The molecule has 0 saturated carbocycles. The Morgan fingerprint density at radius 3 is 2.67 bits per heavy atom. The number of hydrogen-bond acceptors (Lipinski definition) is 2. The van der Waals surface area contributed by atoms with Crippen molar-refractivity contribution in [3.63, 3.8) is 0 Å². The van der Waals surface area contributed by atoms with E-state index in [4.69, 9.17) is 0 Å². The van der Waals surface area contributed by atoms with E-state index in [9.17, 15) is 15.0 Å². The second kappa shape index (κ2) is 8.63. The van der Waals surface area contributed by atoms with Gasteiger partial charge in [0.05, 0.1) is 0 Å². The molecule has 2 atom stereocenters. The summed E-state index contributed by atoms with van der Waals surface area (Å²) in [5.41, 5.74) is 2.35. The number of aryl methyl sites for hydroxylation is 1. The number of phenols is 1. The number of hydrogen-bond donors (Lipinski definition) is 2. The Kier molecular flexibility index (Phi) is 6.81. The molecule has 0 bridgehead atoms. The molecular weight excluding hydrogens is 347 g/mol. The second-order valence-electron chi connectivity index (χ2n) is 6.57. The van der Waals surface area contributed by atoms with Gasteiger partial charge in [0.2, 0.25) is 0 Å². The predicted molar refractivity (Wildman–Crippen MR) is 93.2 cm³/mol. The van der Waals surface area contributed by atoms with E-state index < -0.39 is 5.97 Å². The summed E-state index contributed by atoms with van der Waals surface area (Å²) in [5, 5.41) is 19.8. The number of unbranched alkanes of at least 4 members (excludes halogenated alkanes) is 2. The third kappa shape index (κ3) is 4.58. The van der Waals surface area contributed by atoms with Gasteiger partial charge in [0, 0.05) is 0 Å². The number of rotatable bonds is 7. The summed E-state index contributed by atoms with van der Waals surface area (Å²) < 4.78 is 0.972. The van der Waals surface area contributed by atoms with E-state index in [1.165, 1.54) is 12.8 Å². The minimum absolute atomic E-state index is 0.134. The number of aromatic hydroxyl groups is 1. The molecule has 1 aliphatic rings. The average molecular weight is 373 g/mol. The van der Waals surface area contributed by atoms with Gasteiger partial charge in [-0.1, -0.05) is 0 Å². The summed E-state index contributed by atoms with van der Waals surface area (Å²) in [7, 11) is 0. The van der Waals surface area contributed by atoms with Crippen LogP contribution >= 0.6 is 0 Å². The van der Waals surface area contributed by atoms with Crippen molar-refractivity contribution in [1.29, 1.82) is 0 Å². The van der Waals surface area contributed by atoms with Gasteiger partial charge in [-0.3, -0.25) is 0 Å². The molecule has 0 amide bonds. The zero-order chi connectivity index (χ0) is 17.7. The summed E-state index contributed by atoms with van der Waals surface area (Å²) in [6.07, 6.45) is 7.52. The predicted octanol–water partition coefficient (Wildman–Crippen LogP) is 4.37. The van der Waals surface area contributed by atoms with Gasteiger partial charge in [0.15, 0.2) is 0 Å². The van der Waals surface area contributed by atoms with Crippen molar-refractivity contribution < 1.29 is 30.3 Å². The van der Waals surface area contributed by atoms with Crippen molar-refractivity contribution in [2.75, 3.05) is 0 Å². The van der Waals surface area contributed by atoms with Crippen LogP contribution in [0.15, 0.2) is 29.8 Å². The summed E-state index contributed by atoms with van der Waals surface area (Å²) in [6, 6.07) is 5.83. The van der Waals surface area contributed by atoms with E-state index in [0.29, 0.717) is 12.0 Å². The van der Waals surface area contributed by atoms with Crippen molar-refractivity contribution in [2.24, 2.45) is 5.92 Å². The molecule has 2 N–H and O–H groups in total. The number of phenolic OH excluding ortho intramolecular Hbond substituents is 1.